The van der Waals surface area contributed by atoms with Crippen molar-refractivity contribution < 1.29 is 4.74 Å². The Morgan fingerprint density at radius 1 is 1.15 bits per heavy atom. The summed E-state index contributed by atoms with van der Waals surface area (Å²) in [6.07, 6.45) is 2.94. The molecule has 4 rings (SSSR count). The molecule has 138 valence electrons. The van der Waals surface area contributed by atoms with E-state index in [-0.39, 0.29) is 5.69 Å². The van der Waals surface area contributed by atoms with Gasteiger partial charge in [0.15, 0.2) is 0 Å². The Morgan fingerprint density at radius 2 is 2.00 bits per heavy atom. The standard InChI is InChI=1S/C22H22N2O2S/c1-15-7-3-4-8-16(15)14-27-21-19-11-6-12-20(19)24(22(25)23-21)17-9-5-10-18(13-17)26-2/h3-5,7-10,13H,6,11-12,14H2,1-2H3. The summed E-state index contributed by atoms with van der Waals surface area (Å²) in [5, 5.41) is 0.884. The lowest BCUT2D eigenvalue weighted by Gasteiger charge is -2.15. The van der Waals surface area contributed by atoms with Crippen LogP contribution in [0, 0.1) is 6.92 Å². The van der Waals surface area contributed by atoms with E-state index in [0.717, 1.165) is 47.2 Å². The average molecular weight is 378 g/mol. The first kappa shape index (κ1) is 17.9. The molecule has 0 unspecified atom stereocenters. The van der Waals surface area contributed by atoms with Gasteiger partial charge in [0.25, 0.3) is 0 Å². The highest BCUT2D eigenvalue weighted by Crippen LogP contribution is 2.32. The van der Waals surface area contributed by atoms with Crippen LogP contribution in [0.3, 0.4) is 0 Å². The van der Waals surface area contributed by atoms with E-state index in [9.17, 15) is 4.79 Å². The second-order valence-corrected chi connectivity index (χ2v) is 7.69. The Bertz CT molecular complexity index is 1040. The molecule has 3 aromatic rings. The molecule has 0 N–H and O–H groups in total. The van der Waals surface area contributed by atoms with Gasteiger partial charge in [0, 0.05) is 23.1 Å². The summed E-state index contributed by atoms with van der Waals surface area (Å²) in [6.45, 7) is 2.12. The van der Waals surface area contributed by atoms with E-state index in [0.29, 0.717) is 0 Å². The normalized spacial score (nSPS) is 12.8. The summed E-state index contributed by atoms with van der Waals surface area (Å²) < 4.78 is 7.07. The van der Waals surface area contributed by atoms with E-state index in [1.165, 1.54) is 16.7 Å². The van der Waals surface area contributed by atoms with E-state index >= 15 is 0 Å². The van der Waals surface area contributed by atoms with Gasteiger partial charge in [-0.15, -0.1) is 11.8 Å². The number of aromatic nitrogens is 2. The van der Waals surface area contributed by atoms with Crippen molar-refractivity contribution in [2.75, 3.05) is 7.11 Å². The van der Waals surface area contributed by atoms with Crippen LogP contribution in [0.5, 0.6) is 5.75 Å². The molecule has 0 fully saturated rings. The van der Waals surface area contributed by atoms with Crippen LogP contribution in [0.25, 0.3) is 5.69 Å². The maximum absolute atomic E-state index is 12.9. The molecule has 1 aliphatic rings. The first-order valence-electron chi connectivity index (χ1n) is 9.14. The van der Waals surface area contributed by atoms with Gasteiger partial charge in [-0.1, -0.05) is 30.3 Å². The molecule has 0 aliphatic heterocycles. The number of benzene rings is 2. The molecule has 1 aromatic heterocycles. The van der Waals surface area contributed by atoms with Crippen molar-refractivity contribution in [1.82, 2.24) is 9.55 Å². The second-order valence-electron chi connectivity index (χ2n) is 6.73. The molecule has 0 radical (unpaired) electrons. The summed E-state index contributed by atoms with van der Waals surface area (Å²) in [7, 11) is 1.63. The third kappa shape index (κ3) is 3.52. The van der Waals surface area contributed by atoms with Crippen LogP contribution in [0.2, 0.25) is 0 Å². The molecule has 0 saturated carbocycles. The van der Waals surface area contributed by atoms with Gasteiger partial charge >= 0.3 is 5.69 Å². The number of hydrogen-bond acceptors (Lipinski definition) is 4. The van der Waals surface area contributed by atoms with Gasteiger partial charge in [-0.05, 0) is 49.4 Å². The Hall–Kier alpha value is -2.53. The highest BCUT2D eigenvalue weighted by atomic mass is 32.2. The molecule has 0 atom stereocenters. The average Bonchev–Trinajstić information content (AvgIpc) is 3.16. The molecule has 2 aromatic carbocycles. The van der Waals surface area contributed by atoms with E-state index in [4.69, 9.17) is 4.74 Å². The molecule has 5 heteroatoms. The number of nitrogens with zero attached hydrogens (tertiary/aromatic N) is 2. The molecule has 0 spiro atoms. The van der Waals surface area contributed by atoms with Gasteiger partial charge in [-0.25, -0.2) is 4.79 Å². The molecule has 1 aliphatic carbocycles. The zero-order valence-electron chi connectivity index (χ0n) is 15.6. The van der Waals surface area contributed by atoms with E-state index < -0.39 is 0 Å². The number of fused-ring (bicyclic) bond motifs is 1. The first-order valence-corrected chi connectivity index (χ1v) is 10.1. The highest BCUT2D eigenvalue weighted by molar-refractivity contribution is 7.98. The van der Waals surface area contributed by atoms with Crippen LogP contribution < -0.4 is 10.4 Å². The minimum atomic E-state index is -0.212. The molecule has 0 amide bonds. The Morgan fingerprint density at radius 3 is 2.81 bits per heavy atom. The lowest BCUT2D eigenvalue weighted by Crippen LogP contribution is -2.25. The molecule has 1 heterocycles. The Kier molecular flexibility index (Phi) is 5.03. The van der Waals surface area contributed by atoms with Gasteiger partial charge in [0.05, 0.1) is 12.8 Å². The lowest BCUT2D eigenvalue weighted by atomic mass is 10.1. The van der Waals surface area contributed by atoms with Crippen LogP contribution in [0.1, 0.15) is 28.8 Å². The van der Waals surface area contributed by atoms with Crippen molar-refractivity contribution in [1.29, 1.82) is 0 Å². The monoisotopic (exact) mass is 378 g/mol. The van der Waals surface area contributed by atoms with Crippen molar-refractivity contribution in [2.45, 2.75) is 37.0 Å². The van der Waals surface area contributed by atoms with Gasteiger partial charge in [0.1, 0.15) is 10.8 Å². The fourth-order valence-corrected chi connectivity index (χ4v) is 4.73. The van der Waals surface area contributed by atoms with Gasteiger partial charge < -0.3 is 4.74 Å². The van der Waals surface area contributed by atoms with Crippen molar-refractivity contribution in [2.24, 2.45) is 0 Å². The van der Waals surface area contributed by atoms with Crippen molar-refractivity contribution in [3.63, 3.8) is 0 Å². The molecule has 0 saturated heterocycles. The fourth-order valence-electron chi connectivity index (χ4n) is 3.58. The number of rotatable bonds is 5. The number of ether oxygens (including phenoxy) is 1. The van der Waals surface area contributed by atoms with Crippen LogP contribution in [-0.2, 0) is 18.6 Å². The maximum Gasteiger partial charge on any atom is 0.353 e. The van der Waals surface area contributed by atoms with E-state index in [2.05, 4.69) is 36.2 Å². The third-order valence-corrected chi connectivity index (χ3v) is 6.11. The first-order chi connectivity index (χ1) is 13.2. The van der Waals surface area contributed by atoms with Crippen LogP contribution in [0.15, 0.2) is 58.4 Å². The van der Waals surface area contributed by atoms with Crippen LogP contribution in [0.4, 0.5) is 0 Å². The van der Waals surface area contributed by atoms with Gasteiger partial charge in [-0.2, -0.15) is 4.98 Å². The fraction of sp³-hybridized carbons (Fsp3) is 0.273. The summed E-state index contributed by atoms with van der Waals surface area (Å²) >= 11 is 1.67. The van der Waals surface area contributed by atoms with Crippen LogP contribution >= 0.6 is 11.8 Å². The summed E-state index contributed by atoms with van der Waals surface area (Å²) in [5.74, 6) is 1.57. The van der Waals surface area contributed by atoms with E-state index in [1.54, 1.807) is 23.4 Å². The molecular weight excluding hydrogens is 356 g/mol. The predicted molar refractivity (Wildman–Crippen MR) is 109 cm³/mol. The van der Waals surface area contributed by atoms with Crippen molar-refractivity contribution in [3.05, 3.63) is 81.4 Å². The zero-order valence-corrected chi connectivity index (χ0v) is 16.4. The minimum Gasteiger partial charge on any atom is -0.497 e. The van der Waals surface area contributed by atoms with E-state index in [1.807, 2.05) is 24.3 Å². The SMILES string of the molecule is COc1cccc(-n2c3c(c(SCc4ccccc4C)nc2=O)CCC3)c1. The topological polar surface area (TPSA) is 44.1 Å². The smallest absolute Gasteiger partial charge is 0.353 e. The maximum atomic E-state index is 12.9. The number of methoxy groups -OCH3 is 1. The van der Waals surface area contributed by atoms with Crippen LogP contribution in [-0.4, -0.2) is 16.7 Å². The number of hydrogen-bond donors (Lipinski definition) is 0. The highest BCUT2D eigenvalue weighted by Gasteiger charge is 2.23. The van der Waals surface area contributed by atoms with Gasteiger partial charge in [0.2, 0.25) is 0 Å². The lowest BCUT2D eigenvalue weighted by molar-refractivity contribution is 0.414. The third-order valence-electron chi connectivity index (χ3n) is 5.04. The second kappa shape index (κ2) is 7.61. The Balaban J connectivity index is 1.72. The molecule has 0 bridgehead atoms. The number of thioether (sulfide) groups is 1. The van der Waals surface area contributed by atoms with Crippen molar-refractivity contribution in [3.8, 4) is 11.4 Å². The summed E-state index contributed by atoms with van der Waals surface area (Å²) in [6, 6.07) is 16.0. The largest absolute Gasteiger partial charge is 0.497 e. The quantitative estimate of drug-likeness (QED) is 0.490. The molecular formula is C22H22N2O2S. The van der Waals surface area contributed by atoms with Crippen molar-refractivity contribution >= 4 is 11.8 Å². The Labute approximate surface area is 163 Å². The molecule has 27 heavy (non-hydrogen) atoms. The zero-order chi connectivity index (χ0) is 18.8. The molecule has 4 nitrogen and oxygen atoms in total. The summed E-state index contributed by atoms with van der Waals surface area (Å²) in [5.41, 5.74) is 5.47. The minimum absolute atomic E-state index is 0.212. The van der Waals surface area contributed by atoms with Gasteiger partial charge in [-0.3, -0.25) is 4.57 Å². The number of aryl methyl sites for hydroxylation is 1. The summed E-state index contributed by atoms with van der Waals surface area (Å²) in [4.78, 5) is 17.3. The predicted octanol–water partition coefficient (Wildman–Crippen LogP) is 4.33.